The van der Waals surface area contributed by atoms with Crippen LogP contribution >= 0.6 is 7.60 Å². The Labute approximate surface area is 98.0 Å². The molecule has 0 saturated carbocycles. The Morgan fingerprint density at radius 3 is 2.53 bits per heavy atom. The number of rotatable bonds is 3. The highest BCUT2D eigenvalue weighted by Crippen LogP contribution is 2.51. The molecule has 2 N–H and O–H groups in total. The third kappa shape index (κ3) is 2.42. The lowest BCUT2D eigenvalue weighted by Gasteiger charge is -2.13. The van der Waals surface area contributed by atoms with Crippen molar-refractivity contribution in [2.24, 2.45) is 0 Å². The van der Waals surface area contributed by atoms with Crippen LogP contribution in [0.4, 0.5) is 0 Å². The summed E-state index contributed by atoms with van der Waals surface area (Å²) in [5.74, 6) is 0. The molecule has 6 heteroatoms. The molecule has 0 radical (unpaired) electrons. The first-order valence-electron chi connectivity index (χ1n) is 4.92. The van der Waals surface area contributed by atoms with Gasteiger partial charge in [-0.05, 0) is 12.1 Å². The highest BCUT2D eigenvalue weighted by atomic mass is 31.2. The van der Waals surface area contributed by atoms with Crippen molar-refractivity contribution in [2.45, 2.75) is 5.66 Å². The Morgan fingerprint density at radius 2 is 1.94 bits per heavy atom. The molecular formula is C11H11N2O3P. The molecule has 2 rings (SSSR count). The summed E-state index contributed by atoms with van der Waals surface area (Å²) >= 11 is 0. The molecule has 0 aliphatic heterocycles. The normalized spacial score (nSPS) is 13.5. The molecule has 1 aromatic heterocycles. The molecule has 0 aliphatic carbocycles. The molecular weight excluding hydrogens is 239 g/mol. The van der Waals surface area contributed by atoms with Crippen LogP contribution in [0, 0.1) is 0 Å². The van der Waals surface area contributed by atoms with Gasteiger partial charge in [-0.3, -0.25) is 9.55 Å². The van der Waals surface area contributed by atoms with Gasteiger partial charge in [0.2, 0.25) is 0 Å². The predicted octanol–water partition coefficient (Wildman–Crippen LogP) is 2.03. The zero-order valence-corrected chi connectivity index (χ0v) is 9.79. The van der Waals surface area contributed by atoms with Crippen LogP contribution in [-0.4, -0.2) is 19.8 Å². The van der Waals surface area contributed by atoms with Crippen LogP contribution in [0.3, 0.4) is 0 Å². The molecule has 0 spiro atoms. The average Bonchev–Trinajstić information content (AvgIpc) is 2.28. The van der Waals surface area contributed by atoms with Crippen LogP contribution in [0.25, 0.3) is 11.0 Å². The summed E-state index contributed by atoms with van der Waals surface area (Å²) in [5.41, 5.74) is 0.404. The van der Waals surface area contributed by atoms with E-state index < -0.39 is 13.3 Å². The van der Waals surface area contributed by atoms with Crippen molar-refractivity contribution < 1.29 is 14.4 Å². The molecule has 0 aliphatic rings. The van der Waals surface area contributed by atoms with E-state index in [0.717, 1.165) is 0 Å². The number of nitrogens with zero attached hydrogens (tertiary/aromatic N) is 2. The van der Waals surface area contributed by atoms with Crippen molar-refractivity contribution in [3.63, 3.8) is 0 Å². The maximum absolute atomic E-state index is 11.3. The fraction of sp³-hybridized carbons (Fsp3) is 0.0909. The lowest BCUT2D eigenvalue weighted by Crippen LogP contribution is -2.00. The van der Waals surface area contributed by atoms with Crippen molar-refractivity contribution in [3.05, 3.63) is 48.8 Å². The van der Waals surface area contributed by atoms with Crippen molar-refractivity contribution in [1.82, 2.24) is 9.97 Å². The van der Waals surface area contributed by atoms with E-state index in [1.165, 1.54) is 12.3 Å². The minimum absolute atomic E-state index is 0.229. The van der Waals surface area contributed by atoms with Gasteiger partial charge in [-0.2, -0.15) is 0 Å². The first-order valence-corrected chi connectivity index (χ1v) is 6.60. The van der Waals surface area contributed by atoms with Crippen molar-refractivity contribution in [1.29, 1.82) is 0 Å². The van der Waals surface area contributed by atoms with E-state index in [9.17, 15) is 14.4 Å². The van der Waals surface area contributed by atoms with Gasteiger partial charge in [0.05, 0.1) is 22.9 Å². The first kappa shape index (κ1) is 11.9. The predicted molar refractivity (Wildman–Crippen MR) is 64.5 cm³/mol. The fourth-order valence-electron chi connectivity index (χ4n) is 1.54. The second kappa shape index (κ2) is 4.37. The van der Waals surface area contributed by atoms with Gasteiger partial charge >= 0.3 is 7.60 Å². The van der Waals surface area contributed by atoms with Crippen LogP contribution in [0.5, 0.6) is 0 Å². The SMILES string of the molecule is C=CC(c1cnc2ccccc2n1)P(=O)(O)O. The van der Waals surface area contributed by atoms with Gasteiger partial charge < -0.3 is 9.79 Å². The van der Waals surface area contributed by atoms with Gasteiger partial charge in [-0.25, -0.2) is 4.98 Å². The number of aromatic nitrogens is 2. The number of hydrogen-bond acceptors (Lipinski definition) is 3. The molecule has 1 heterocycles. The summed E-state index contributed by atoms with van der Waals surface area (Å²) in [5, 5.41) is 0. The average molecular weight is 250 g/mol. The van der Waals surface area contributed by atoms with Crippen LogP contribution < -0.4 is 0 Å². The Kier molecular flexibility index (Phi) is 3.07. The van der Waals surface area contributed by atoms with Gasteiger partial charge in [0.15, 0.2) is 0 Å². The molecule has 0 fully saturated rings. The number of allylic oxidation sites excluding steroid dienone is 1. The Bertz CT molecular complexity index is 608. The van der Waals surface area contributed by atoms with E-state index in [4.69, 9.17) is 0 Å². The lowest BCUT2D eigenvalue weighted by molar-refractivity contribution is 0.365. The van der Waals surface area contributed by atoms with Crippen LogP contribution in [0.15, 0.2) is 43.1 Å². The first-order chi connectivity index (χ1) is 8.02. The third-order valence-corrected chi connectivity index (χ3v) is 3.56. The topological polar surface area (TPSA) is 83.3 Å². The van der Waals surface area contributed by atoms with Crippen LogP contribution in [0.2, 0.25) is 0 Å². The molecule has 1 aromatic carbocycles. The summed E-state index contributed by atoms with van der Waals surface area (Å²) in [6.45, 7) is 3.42. The fourth-order valence-corrected chi connectivity index (χ4v) is 2.29. The van der Waals surface area contributed by atoms with Crippen molar-refractivity contribution in [2.75, 3.05) is 0 Å². The molecule has 0 saturated heterocycles. The summed E-state index contributed by atoms with van der Waals surface area (Å²) in [6.07, 6.45) is 2.56. The van der Waals surface area contributed by atoms with Crippen LogP contribution in [0.1, 0.15) is 11.4 Å². The molecule has 1 unspecified atom stereocenters. The number of fused-ring (bicyclic) bond motifs is 1. The van der Waals surface area contributed by atoms with E-state index in [-0.39, 0.29) is 5.69 Å². The zero-order valence-electron chi connectivity index (χ0n) is 8.89. The molecule has 17 heavy (non-hydrogen) atoms. The van der Waals surface area contributed by atoms with Gasteiger partial charge in [0, 0.05) is 0 Å². The van der Waals surface area contributed by atoms with Gasteiger partial charge in [-0.15, -0.1) is 6.58 Å². The summed E-state index contributed by atoms with van der Waals surface area (Å²) in [4.78, 5) is 26.6. The van der Waals surface area contributed by atoms with E-state index in [2.05, 4.69) is 16.5 Å². The smallest absolute Gasteiger partial charge is 0.324 e. The van der Waals surface area contributed by atoms with Crippen LogP contribution in [-0.2, 0) is 4.57 Å². The molecule has 88 valence electrons. The van der Waals surface area contributed by atoms with E-state index in [0.29, 0.717) is 11.0 Å². The minimum atomic E-state index is -4.30. The number of hydrogen-bond donors (Lipinski definition) is 2. The highest BCUT2D eigenvalue weighted by Gasteiger charge is 2.29. The van der Waals surface area contributed by atoms with Crippen molar-refractivity contribution >= 4 is 18.6 Å². The molecule has 0 amide bonds. The monoisotopic (exact) mass is 250 g/mol. The maximum atomic E-state index is 11.3. The minimum Gasteiger partial charge on any atom is -0.324 e. The third-order valence-electron chi connectivity index (χ3n) is 2.36. The quantitative estimate of drug-likeness (QED) is 0.643. The van der Waals surface area contributed by atoms with Crippen molar-refractivity contribution in [3.8, 4) is 0 Å². The number of para-hydroxylation sites is 2. The molecule has 0 bridgehead atoms. The standard InChI is InChI=1S/C11H11N2O3P/c1-2-11(17(14,15)16)10-7-12-8-5-3-4-6-9(8)13-10/h2-7,11H,1H2,(H2,14,15,16). The van der Waals surface area contributed by atoms with E-state index in [1.54, 1.807) is 18.2 Å². The molecule has 2 aromatic rings. The summed E-state index contributed by atoms with van der Waals surface area (Å²) in [6, 6.07) is 7.14. The zero-order chi connectivity index (χ0) is 12.5. The number of benzene rings is 1. The Hall–Kier alpha value is -1.55. The summed E-state index contributed by atoms with van der Waals surface area (Å²) < 4.78 is 11.3. The molecule has 5 nitrogen and oxygen atoms in total. The van der Waals surface area contributed by atoms with Gasteiger partial charge in [-0.1, -0.05) is 18.2 Å². The lowest BCUT2D eigenvalue weighted by atomic mass is 10.2. The maximum Gasteiger partial charge on any atom is 0.338 e. The Morgan fingerprint density at radius 1 is 1.29 bits per heavy atom. The second-order valence-corrected chi connectivity index (χ2v) is 5.29. The summed E-state index contributed by atoms with van der Waals surface area (Å²) in [7, 11) is -4.30. The highest BCUT2D eigenvalue weighted by molar-refractivity contribution is 7.52. The molecule has 1 atom stereocenters. The largest absolute Gasteiger partial charge is 0.338 e. The second-order valence-electron chi connectivity index (χ2n) is 3.55. The van der Waals surface area contributed by atoms with E-state index >= 15 is 0 Å². The Balaban J connectivity index is 2.56. The van der Waals surface area contributed by atoms with E-state index in [1.807, 2.05) is 6.07 Å². The van der Waals surface area contributed by atoms with Gasteiger partial charge in [0.1, 0.15) is 5.66 Å². The van der Waals surface area contributed by atoms with Gasteiger partial charge in [0.25, 0.3) is 0 Å².